The Morgan fingerprint density at radius 3 is 2.85 bits per heavy atom. The summed E-state index contributed by atoms with van der Waals surface area (Å²) in [5.74, 6) is 0.736. The van der Waals surface area contributed by atoms with Crippen LogP contribution in [0.2, 0.25) is 0 Å². The molecular formula is C20H19F2NO3S. The number of hydrogen-bond acceptors (Lipinski definition) is 4. The van der Waals surface area contributed by atoms with E-state index in [9.17, 15) is 13.6 Å². The van der Waals surface area contributed by atoms with Crippen LogP contribution in [0, 0.1) is 11.6 Å². The van der Waals surface area contributed by atoms with E-state index in [2.05, 4.69) is 0 Å². The molecule has 27 heavy (non-hydrogen) atoms. The fourth-order valence-corrected chi connectivity index (χ4v) is 4.64. The third-order valence-corrected chi connectivity index (χ3v) is 6.04. The molecule has 7 heteroatoms. The highest BCUT2D eigenvalue weighted by Gasteiger charge is 2.28. The van der Waals surface area contributed by atoms with Gasteiger partial charge in [-0.1, -0.05) is 6.07 Å². The number of para-hydroxylation sites is 1. The van der Waals surface area contributed by atoms with Crippen molar-refractivity contribution in [2.45, 2.75) is 11.7 Å². The van der Waals surface area contributed by atoms with Gasteiger partial charge in [-0.05, 0) is 36.8 Å². The minimum absolute atomic E-state index is 0.127. The number of carbonyl (C=O) groups excluding carboxylic acids is 1. The Kier molecular flexibility index (Phi) is 5.20. The molecule has 2 aromatic rings. The number of ether oxygens (including phenoxy) is 2. The molecule has 0 N–H and O–H groups in total. The van der Waals surface area contributed by atoms with Gasteiger partial charge in [0.15, 0.2) is 11.5 Å². The molecule has 1 atom stereocenters. The molecule has 0 aromatic heterocycles. The van der Waals surface area contributed by atoms with E-state index in [0.29, 0.717) is 61.1 Å². The number of benzene rings is 2. The molecule has 1 unspecified atom stereocenters. The molecule has 142 valence electrons. The van der Waals surface area contributed by atoms with Gasteiger partial charge < -0.3 is 14.4 Å². The fraction of sp³-hybridized carbons (Fsp3) is 0.350. The van der Waals surface area contributed by atoms with Crippen molar-refractivity contribution in [1.29, 1.82) is 0 Å². The van der Waals surface area contributed by atoms with E-state index >= 15 is 0 Å². The highest BCUT2D eigenvalue weighted by molar-refractivity contribution is 7.99. The molecule has 4 rings (SSSR count). The monoisotopic (exact) mass is 391 g/mol. The first kappa shape index (κ1) is 18.1. The molecule has 4 nitrogen and oxygen atoms in total. The standard InChI is InChI=1S/C20H19F2NO3S/c21-13-4-5-16(22)15(12-13)18-6-7-23(8-11-27-18)20(24)14-2-1-3-17-19(14)26-10-9-25-17/h1-5,12,18H,6-11H2. The minimum Gasteiger partial charge on any atom is -0.486 e. The summed E-state index contributed by atoms with van der Waals surface area (Å²) in [6.07, 6.45) is 0.559. The third-order valence-electron chi connectivity index (χ3n) is 4.73. The first-order valence-corrected chi connectivity index (χ1v) is 9.93. The second-order valence-corrected chi connectivity index (χ2v) is 7.75. The van der Waals surface area contributed by atoms with Gasteiger partial charge in [-0.2, -0.15) is 11.8 Å². The lowest BCUT2D eigenvalue weighted by molar-refractivity contribution is 0.0756. The van der Waals surface area contributed by atoms with Crippen molar-refractivity contribution in [3.63, 3.8) is 0 Å². The van der Waals surface area contributed by atoms with E-state index in [1.54, 1.807) is 34.9 Å². The summed E-state index contributed by atoms with van der Waals surface area (Å²) in [4.78, 5) is 14.8. The van der Waals surface area contributed by atoms with Crippen molar-refractivity contribution in [3.05, 3.63) is 59.2 Å². The lowest BCUT2D eigenvalue weighted by Crippen LogP contribution is -2.33. The number of halogens is 2. The number of carbonyl (C=O) groups is 1. The molecule has 2 aliphatic heterocycles. The Hall–Kier alpha value is -2.28. The van der Waals surface area contributed by atoms with Crippen molar-refractivity contribution in [2.75, 3.05) is 32.1 Å². The van der Waals surface area contributed by atoms with Crippen LogP contribution in [-0.2, 0) is 0 Å². The van der Waals surface area contributed by atoms with Gasteiger partial charge in [0.25, 0.3) is 5.91 Å². The number of amides is 1. The lowest BCUT2D eigenvalue weighted by Gasteiger charge is -2.24. The molecule has 2 heterocycles. The Balaban J connectivity index is 1.52. The second kappa shape index (κ2) is 7.76. The van der Waals surface area contributed by atoms with Crippen LogP contribution in [0.5, 0.6) is 11.5 Å². The molecule has 1 saturated heterocycles. The lowest BCUT2D eigenvalue weighted by atomic mass is 10.1. The van der Waals surface area contributed by atoms with Crippen molar-refractivity contribution in [2.24, 2.45) is 0 Å². The molecular weight excluding hydrogens is 372 g/mol. The summed E-state index contributed by atoms with van der Waals surface area (Å²) in [5, 5.41) is -0.178. The van der Waals surface area contributed by atoms with E-state index in [0.717, 1.165) is 12.1 Å². The smallest absolute Gasteiger partial charge is 0.257 e. The Bertz CT molecular complexity index is 861. The Morgan fingerprint density at radius 1 is 1.11 bits per heavy atom. The van der Waals surface area contributed by atoms with Crippen molar-refractivity contribution in [3.8, 4) is 11.5 Å². The van der Waals surface area contributed by atoms with Gasteiger partial charge >= 0.3 is 0 Å². The number of hydrogen-bond donors (Lipinski definition) is 0. The third kappa shape index (κ3) is 3.74. The van der Waals surface area contributed by atoms with Crippen LogP contribution < -0.4 is 9.47 Å². The maximum atomic E-state index is 14.1. The van der Waals surface area contributed by atoms with Gasteiger partial charge in [0, 0.05) is 29.7 Å². The summed E-state index contributed by atoms with van der Waals surface area (Å²) >= 11 is 1.55. The molecule has 0 aliphatic carbocycles. The van der Waals surface area contributed by atoms with Crippen LogP contribution in [0.4, 0.5) is 8.78 Å². The predicted octanol–water partition coefficient (Wildman–Crippen LogP) is 4.06. The average molecular weight is 391 g/mol. The van der Waals surface area contributed by atoms with E-state index in [1.165, 1.54) is 6.07 Å². The first-order chi connectivity index (χ1) is 13.1. The van der Waals surface area contributed by atoms with E-state index in [1.807, 2.05) is 0 Å². The van der Waals surface area contributed by atoms with Crippen molar-refractivity contribution >= 4 is 17.7 Å². The van der Waals surface area contributed by atoms with Crippen LogP contribution in [0.25, 0.3) is 0 Å². The van der Waals surface area contributed by atoms with E-state index in [-0.39, 0.29) is 11.2 Å². The zero-order valence-corrected chi connectivity index (χ0v) is 15.4. The predicted molar refractivity (Wildman–Crippen MR) is 99.5 cm³/mol. The summed E-state index contributed by atoms with van der Waals surface area (Å²) in [5.41, 5.74) is 0.843. The van der Waals surface area contributed by atoms with Crippen LogP contribution >= 0.6 is 11.8 Å². The average Bonchev–Trinajstić information content (AvgIpc) is 2.95. The normalized spacial score (nSPS) is 19.5. The Labute approximate surface area is 160 Å². The van der Waals surface area contributed by atoms with Gasteiger partial charge in [0.2, 0.25) is 0 Å². The highest BCUT2D eigenvalue weighted by Crippen LogP contribution is 2.38. The molecule has 1 fully saturated rings. The second-order valence-electron chi connectivity index (χ2n) is 6.44. The van der Waals surface area contributed by atoms with Crippen molar-refractivity contribution in [1.82, 2.24) is 4.90 Å². The van der Waals surface area contributed by atoms with Gasteiger partial charge in [-0.3, -0.25) is 4.79 Å². The summed E-state index contributed by atoms with van der Waals surface area (Å²) in [7, 11) is 0. The molecule has 1 amide bonds. The summed E-state index contributed by atoms with van der Waals surface area (Å²) in [6.45, 7) is 1.89. The largest absolute Gasteiger partial charge is 0.486 e. The van der Waals surface area contributed by atoms with Crippen LogP contribution in [-0.4, -0.2) is 42.9 Å². The maximum absolute atomic E-state index is 14.1. The highest BCUT2D eigenvalue weighted by atomic mass is 32.2. The number of rotatable bonds is 2. The number of thioether (sulfide) groups is 1. The van der Waals surface area contributed by atoms with Crippen LogP contribution in [0.3, 0.4) is 0 Å². The fourth-order valence-electron chi connectivity index (χ4n) is 3.40. The van der Waals surface area contributed by atoms with Gasteiger partial charge in [0.1, 0.15) is 24.8 Å². The molecule has 2 aliphatic rings. The minimum atomic E-state index is -0.447. The summed E-state index contributed by atoms with van der Waals surface area (Å²) in [6, 6.07) is 8.83. The quantitative estimate of drug-likeness (QED) is 0.774. The van der Waals surface area contributed by atoms with E-state index in [4.69, 9.17) is 9.47 Å². The summed E-state index contributed by atoms with van der Waals surface area (Å²) < 4.78 is 38.8. The Morgan fingerprint density at radius 2 is 1.96 bits per heavy atom. The van der Waals surface area contributed by atoms with E-state index < -0.39 is 11.6 Å². The van der Waals surface area contributed by atoms with Gasteiger partial charge in [-0.15, -0.1) is 0 Å². The molecule has 2 aromatic carbocycles. The SMILES string of the molecule is O=C(c1cccc2c1OCCO2)N1CCSC(c2cc(F)ccc2F)CC1. The maximum Gasteiger partial charge on any atom is 0.257 e. The van der Waals surface area contributed by atoms with Gasteiger partial charge in [-0.25, -0.2) is 8.78 Å². The van der Waals surface area contributed by atoms with Gasteiger partial charge in [0.05, 0.1) is 5.56 Å². The van der Waals surface area contributed by atoms with Crippen LogP contribution in [0.1, 0.15) is 27.6 Å². The zero-order valence-electron chi connectivity index (χ0n) is 14.6. The first-order valence-electron chi connectivity index (χ1n) is 8.88. The zero-order chi connectivity index (χ0) is 18.8. The molecule has 0 saturated carbocycles. The molecule has 0 bridgehead atoms. The topological polar surface area (TPSA) is 38.8 Å². The number of fused-ring (bicyclic) bond motifs is 1. The van der Waals surface area contributed by atoms with Crippen molar-refractivity contribution < 1.29 is 23.0 Å². The molecule has 0 spiro atoms. The van der Waals surface area contributed by atoms with Crippen LogP contribution in [0.15, 0.2) is 36.4 Å². The number of nitrogens with zero attached hydrogens (tertiary/aromatic N) is 1. The molecule has 0 radical (unpaired) electrons.